The van der Waals surface area contributed by atoms with E-state index >= 15 is 0 Å². The summed E-state index contributed by atoms with van der Waals surface area (Å²) < 4.78 is 5.07. The third-order valence-corrected chi connectivity index (χ3v) is 3.90. The Morgan fingerprint density at radius 1 is 1.11 bits per heavy atom. The topological polar surface area (TPSA) is 46.3 Å². The molecule has 0 N–H and O–H groups in total. The molecule has 1 aliphatic heterocycles. The molecule has 1 aliphatic carbocycles. The Balaban J connectivity index is 1.73. The minimum Gasteiger partial charge on any atom is -0.361 e. The van der Waals surface area contributed by atoms with Gasteiger partial charge in [0.05, 0.1) is 5.69 Å². The highest BCUT2D eigenvalue weighted by molar-refractivity contribution is 5.96. The van der Waals surface area contributed by atoms with E-state index in [0.717, 1.165) is 25.9 Å². The van der Waals surface area contributed by atoms with Crippen molar-refractivity contribution in [1.29, 1.82) is 0 Å². The molecule has 3 rings (SSSR count). The Morgan fingerprint density at radius 2 is 1.72 bits per heavy atom. The van der Waals surface area contributed by atoms with Gasteiger partial charge in [0.1, 0.15) is 11.3 Å². The van der Waals surface area contributed by atoms with E-state index in [4.69, 9.17) is 4.52 Å². The van der Waals surface area contributed by atoms with Crippen LogP contribution in [0.4, 0.5) is 0 Å². The summed E-state index contributed by atoms with van der Waals surface area (Å²) in [5.74, 6) is 0.704. The van der Waals surface area contributed by atoms with Crippen molar-refractivity contribution in [2.24, 2.45) is 0 Å². The highest BCUT2D eigenvalue weighted by Gasteiger charge is 2.27. The van der Waals surface area contributed by atoms with E-state index < -0.39 is 0 Å². The van der Waals surface area contributed by atoms with Gasteiger partial charge >= 0.3 is 0 Å². The van der Waals surface area contributed by atoms with Crippen LogP contribution in [-0.4, -0.2) is 29.1 Å². The van der Waals surface area contributed by atoms with Crippen LogP contribution in [0.5, 0.6) is 0 Å². The molecule has 0 bridgehead atoms. The van der Waals surface area contributed by atoms with Gasteiger partial charge in [0.25, 0.3) is 5.91 Å². The molecule has 1 saturated heterocycles. The monoisotopic (exact) mass is 246 g/mol. The summed E-state index contributed by atoms with van der Waals surface area (Å²) in [6.07, 6.45) is 4.66. The number of aromatic nitrogens is 1. The van der Waals surface area contributed by atoms with Gasteiger partial charge in [-0.3, -0.25) is 4.79 Å². The fourth-order valence-corrected chi connectivity index (χ4v) is 2.70. The van der Waals surface area contributed by atoms with Gasteiger partial charge in [0, 0.05) is 13.1 Å². The van der Waals surface area contributed by atoms with Gasteiger partial charge in [-0.25, -0.2) is 0 Å². The Hall–Kier alpha value is -1.58. The van der Waals surface area contributed by atoms with Crippen LogP contribution in [0, 0.1) is 13.8 Å². The molecule has 0 spiro atoms. The number of rotatable bonds is 1. The largest absolute Gasteiger partial charge is 0.361 e. The summed E-state index contributed by atoms with van der Waals surface area (Å²) in [6, 6.07) is 0. The SMILES string of the molecule is Cc1noc(C)c1C(=O)N1CCC(=C2CC2)CC1. The number of piperidine rings is 1. The molecule has 1 aromatic heterocycles. The summed E-state index contributed by atoms with van der Waals surface area (Å²) in [6.45, 7) is 5.30. The Bertz CT molecular complexity index is 492. The zero-order valence-corrected chi connectivity index (χ0v) is 11.0. The first kappa shape index (κ1) is 11.5. The molecule has 2 aliphatic rings. The second kappa shape index (κ2) is 4.26. The molecule has 18 heavy (non-hydrogen) atoms. The van der Waals surface area contributed by atoms with Gasteiger partial charge in [-0.05, 0) is 39.5 Å². The molecule has 4 heteroatoms. The van der Waals surface area contributed by atoms with Gasteiger partial charge in [-0.15, -0.1) is 0 Å². The third kappa shape index (κ3) is 1.96. The number of carbonyl (C=O) groups excluding carboxylic acids is 1. The normalized spacial score (nSPS) is 19.3. The van der Waals surface area contributed by atoms with Crippen LogP contribution in [0.3, 0.4) is 0 Å². The molecule has 1 saturated carbocycles. The number of hydrogen-bond donors (Lipinski definition) is 0. The van der Waals surface area contributed by atoms with Gasteiger partial charge in [-0.2, -0.15) is 0 Å². The van der Waals surface area contributed by atoms with Crippen LogP contribution in [0.1, 0.15) is 47.5 Å². The van der Waals surface area contributed by atoms with Gasteiger partial charge in [0.15, 0.2) is 0 Å². The highest BCUT2D eigenvalue weighted by atomic mass is 16.5. The maximum absolute atomic E-state index is 12.4. The molecule has 0 atom stereocenters. The van der Waals surface area contributed by atoms with Gasteiger partial charge in [0.2, 0.25) is 0 Å². The fourth-order valence-electron chi connectivity index (χ4n) is 2.70. The summed E-state index contributed by atoms with van der Waals surface area (Å²) >= 11 is 0. The number of aryl methyl sites for hydroxylation is 2. The average molecular weight is 246 g/mol. The maximum atomic E-state index is 12.4. The number of carbonyl (C=O) groups is 1. The van der Waals surface area contributed by atoms with Crippen molar-refractivity contribution in [2.45, 2.75) is 39.5 Å². The fraction of sp³-hybridized carbons (Fsp3) is 0.571. The van der Waals surface area contributed by atoms with Crippen molar-refractivity contribution in [3.8, 4) is 0 Å². The van der Waals surface area contributed by atoms with Gasteiger partial charge < -0.3 is 9.42 Å². The highest BCUT2D eigenvalue weighted by Crippen LogP contribution is 2.36. The van der Waals surface area contributed by atoms with E-state index in [1.807, 2.05) is 11.8 Å². The molecule has 2 heterocycles. The van der Waals surface area contributed by atoms with Crippen LogP contribution in [-0.2, 0) is 0 Å². The number of likely N-dealkylation sites (tertiary alicyclic amines) is 1. The van der Waals surface area contributed by atoms with Crippen molar-refractivity contribution in [3.05, 3.63) is 28.2 Å². The van der Waals surface area contributed by atoms with Crippen molar-refractivity contribution in [2.75, 3.05) is 13.1 Å². The number of amides is 1. The van der Waals surface area contributed by atoms with Crippen LogP contribution < -0.4 is 0 Å². The smallest absolute Gasteiger partial charge is 0.259 e. The molecular formula is C14H18N2O2. The summed E-state index contributed by atoms with van der Waals surface area (Å²) in [5.41, 5.74) is 4.58. The second-order valence-electron chi connectivity index (χ2n) is 5.20. The van der Waals surface area contributed by atoms with Crippen LogP contribution in [0.25, 0.3) is 0 Å². The van der Waals surface area contributed by atoms with E-state index in [1.54, 1.807) is 18.1 Å². The molecule has 1 aromatic rings. The van der Waals surface area contributed by atoms with Crippen molar-refractivity contribution >= 4 is 5.91 Å². The zero-order valence-electron chi connectivity index (χ0n) is 11.0. The molecule has 0 unspecified atom stereocenters. The van der Waals surface area contributed by atoms with Crippen molar-refractivity contribution in [1.82, 2.24) is 10.1 Å². The number of allylic oxidation sites excluding steroid dienone is 1. The number of hydrogen-bond acceptors (Lipinski definition) is 3. The molecule has 4 nitrogen and oxygen atoms in total. The van der Waals surface area contributed by atoms with Crippen molar-refractivity contribution in [3.63, 3.8) is 0 Å². The molecule has 2 fully saturated rings. The first-order chi connectivity index (χ1) is 8.66. The lowest BCUT2D eigenvalue weighted by molar-refractivity contribution is 0.0741. The standard InChI is InChI=1S/C14H18N2O2/c1-9-13(10(2)18-15-9)14(17)16-7-5-12(6-8-16)11-3-4-11/h3-8H2,1-2H3. The molecule has 0 radical (unpaired) electrons. The third-order valence-electron chi connectivity index (χ3n) is 3.90. The lowest BCUT2D eigenvalue weighted by Gasteiger charge is -2.28. The Labute approximate surface area is 107 Å². The second-order valence-corrected chi connectivity index (χ2v) is 5.20. The quantitative estimate of drug-likeness (QED) is 0.715. The summed E-state index contributed by atoms with van der Waals surface area (Å²) in [4.78, 5) is 14.3. The van der Waals surface area contributed by atoms with E-state index in [2.05, 4.69) is 5.16 Å². The first-order valence-electron chi connectivity index (χ1n) is 6.58. The molecular weight excluding hydrogens is 228 g/mol. The molecule has 1 amide bonds. The maximum Gasteiger partial charge on any atom is 0.259 e. The lowest BCUT2D eigenvalue weighted by atomic mass is 10.0. The summed E-state index contributed by atoms with van der Waals surface area (Å²) in [5, 5.41) is 3.85. The minimum atomic E-state index is 0.0751. The summed E-state index contributed by atoms with van der Waals surface area (Å²) in [7, 11) is 0. The van der Waals surface area contributed by atoms with E-state index in [0.29, 0.717) is 17.0 Å². The van der Waals surface area contributed by atoms with Crippen molar-refractivity contribution < 1.29 is 9.32 Å². The molecule has 0 aromatic carbocycles. The van der Waals surface area contributed by atoms with E-state index in [9.17, 15) is 4.79 Å². The minimum absolute atomic E-state index is 0.0751. The van der Waals surface area contributed by atoms with Gasteiger partial charge in [-0.1, -0.05) is 16.3 Å². The van der Waals surface area contributed by atoms with E-state index in [1.165, 1.54) is 12.8 Å². The predicted molar refractivity (Wildman–Crippen MR) is 67.4 cm³/mol. The van der Waals surface area contributed by atoms with Crippen LogP contribution in [0.2, 0.25) is 0 Å². The van der Waals surface area contributed by atoms with Crippen LogP contribution >= 0.6 is 0 Å². The Kier molecular flexibility index (Phi) is 2.73. The molecule has 96 valence electrons. The first-order valence-corrected chi connectivity index (χ1v) is 6.58. The lowest BCUT2D eigenvalue weighted by Crippen LogP contribution is -2.36. The van der Waals surface area contributed by atoms with Crippen LogP contribution in [0.15, 0.2) is 15.7 Å². The average Bonchev–Trinajstić information content (AvgIpc) is 3.16. The Morgan fingerprint density at radius 3 is 2.22 bits per heavy atom. The van der Waals surface area contributed by atoms with E-state index in [-0.39, 0.29) is 5.91 Å². The zero-order chi connectivity index (χ0) is 12.7. The number of nitrogens with zero attached hydrogens (tertiary/aromatic N) is 2. The predicted octanol–water partition coefficient (Wildman–Crippen LogP) is 2.62.